The molecule has 7 aliphatic rings. The first-order chi connectivity index (χ1) is 22.9. The Morgan fingerprint density at radius 1 is 0.694 bits per heavy atom. The van der Waals surface area contributed by atoms with Crippen LogP contribution in [0, 0.1) is 47.3 Å². The van der Waals surface area contributed by atoms with Crippen molar-refractivity contribution in [2.45, 2.75) is 93.7 Å². The largest absolute Gasteiger partial charge is 0.329 e. The minimum absolute atomic E-state index is 0.0476. The first-order valence-corrected chi connectivity index (χ1v) is 18.3. The number of likely N-dealkylation sites (tertiary alicyclic amines) is 1. The SMILES string of the molecule is Cc1ccc(C2N3C(=O)[C@@]4(C)C[C@@]3(C[C@]2(C)C#N)C(=O)N4C)cn1.Cc1ccc(C2N3C(=O)[C@@]4(C)SS[C@@]3(C[C@]2(C)C#N)C(=O)N4C)cn1. The summed E-state index contributed by atoms with van der Waals surface area (Å²) in [5.74, 6) is -0.312. The average molecular weight is 699 g/mol. The van der Waals surface area contributed by atoms with Crippen molar-refractivity contribution in [2.24, 2.45) is 10.8 Å². The van der Waals surface area contributed by atoms with E-state index >= 15 is 0 Å². The summed E-state index contributed by atoms with van der Waals surface area (Å²) in [6, 6.07) is 11.4. The Hall–Kier alpha value is -4.14. The number of rotatable bonds is 2. The monoisotopic (exact) mass is 698 g/mol. The fourth-order valence-electron chi connectivity index (χ4n) is 9.06. The Morgan fingerprint density at radius 2 is 1.22 bits per heavy atom. The van der Waals surface area contributed by atoms with E-state index in [0.29, 0.717) is 19.3 Å². The van der Waals surface area contributed by atoms with Gasteiger partial charge in [0.15, 0.2) is 9.74 Å². The molecule has 7 aliphatic heterocycles. The highest BCUT2D eigenvalue weighted by Crippen LogP contribution is 2.69. The molecular formula is C35H38N8O4S2. The standard InChI is InChI=1S/C18H20N4O2.C17H18N4O2S2/c1-11-5-6-12(7-20-11)13-16(2,10-19)8-18-9-17(3,14(23)22(13)18)21(4)15(18)24;1-10-5-6-11(7-19-10)12-15(2,9-18)8-17-14(23)20(4)16(3,24-25-17)13(22)21(12)17/h5-7,13H,8-9H2,1-4H3;5-7,12H,8H2,1-4H3/t13?,16-,17-,18+;12?,15-,16-,17+/m11/s1. The molecule has 0 saturated carbocycles. The van der Waals surface area contributed by atoms with E-state index in [1.807, 2.05) is 58.9 Å². The molecule has 0 radical (unpaired) electrons. The first-order valence-electron chi connectivity index (χ1n) is 16.2. The third kappa shape index (κ3) is 3.99. The molecule has 4 amide bonds. The molecule has 254 valence electrons. The van der Waals surface area contributed by atoms with E-state index < -0.39 is 43.7 Å². The molecule has 2 aromatic heterocycles. The second-order valence-electron chi connectivity index (χ2n) is 15.2. The first kappa shape index (κ1) is 33.4. The van der Waals surface area contributed by atoms with Gasteiger partial charge in [0.05, 0.1) is 35.1 Å². The van der Waals surface area contributed by atoms with Crippen molar-refractivity contribution in [1.82, 2.24) is 29.6 Å². The van der Waals surface area contributed by atoms with Crippen LogP contribution < -0.4 is 0 Å². The van der Waals surface area contributed by atoms with Crippen LogP contribution in [-0.2, 0) is 19.2 Å². The Morgan fingerprint density at radius 3 is 1.73 bits per heavy atom. The van der Waals surface area contributed by atoms with Crippen LogP contribution in [0.2, 0.25) is 0 Å². The molecule has 9 heterocycles. The van der Waals surface area contributed by atoms with Crippen molar-refractivity contribution in [3.63, 3.8) is 0 Å². The number of hydrogen-bond donors (Lipinski definition) is 0. The maximum atomic E-state index is 13.4. The summed E-state index contributed by atoms with van der Waals surface area (Å²) in [6.07, 6.45) is 4.60. The maximum Gasteiger partial charge on any atom is 0.261 e. The molecule has 2 aromatic rings. The molecule has 7 saturated heterocycles. The highest BCUT2D eigenvalue weighted by Gasteiger charge is 2.78. The average Bonchev–Trinajstić information content (AvgIpc) is 3.66. The number of fused-ring (bicyclic) bond motifs is 3. The summed E-state index contributed by atoms with van der Waals surface area (Å²) in [6.45, 7) is 11.1. The van der Waals surface area contributed by atoms with Crippen molar-refractivity contribution in [3.8, 4) is 12.1 Å². The number of carbonyl (C=O) groups is 4. The van der Waals surface area contributed by atoms with E-state index in [1.54, 1.807) is 53.0 Å². The number of aryl methyl sites for hydroxylation is 2. The molecular weight excluding hydrogens is 661 g/mol. The van der Waals surface area contributed by atoms with Gasteiger partial charge in [0.25, 0.3) is 11.8 Å². The lowest BCUT2D eigenvalue weighted by atomic mass is 9.76. The van der Waals surface area contributed by atoms with Gasteiger partial charge in [0.2, 0.25) is 11.8 Å². The number of nitriles is 2. The fourth-order valence-corrected chi connectivity index (χ4v) is 12.6. The molecule has 9 rings (SSSR count). The van der Waals surface area contributed by atoms with Crippen LogP contribution >= 0.6 is 21.6 Å². The van der Waals surface area contributed by atoms with E-state index in [0.717, 1.165) is 22.5 Å². The van der Waals surface area contributed by atoms with Gasteiger partial charge in [-0.25, -0.2) is 0 Å². The van der Waals surface area contributed by atoms with Crippen molar-refractivity contribution in [1.29, 1.82) is 10.5 Å². The number of pyridine rings is 2. The number of hydrogen-bond acceptors (Lipinski definition) is 10. The molecule has 0 N–H and O–H groups in total. The lowest BCUT2D eigenvalue weighted by Crippen LogP contribution is -2.73. The fraction of sp³-hybridized carbons (Fsp3) is 0.543. The van der Waals surface area contributed by atoms with Crippen molar-refractivity contribution >= 4 is 45.2 Å². The van der Waals surface area contributed by atoms with E-state index in [9.17, 15) is 29.7 Å². The van der Waals surface area contributed by atoms with Crippen LogP contribution in [-0.4, -0.2) is 88.1 Å². The number of nitrogens with zero attached hydrogens (tertiary/aromatic N) is 8. The minimum atomic E-state index is -1.02. The zero-order valence-corrected chi connectivity index (χ0v) is 30.4. The molecule has 2 spiro atoms. The van der Waals surface area contributed by atoms with Gasteiger partial charge in [-0.2, -0.15) is 10.5 Å². The summed E-state index contributed by atoms with van der Waals surface area (Å²) in [4.78, 5) is 65.8. The van der Waals surface area contributed by atoms with Gasteiger partial charge in [0, 0.05) is 57.1 Å². The van der Waals surface area contributed by atoms with Crippen LogP contribution in [0.4, 0.5) is 0 Å². The molecule has 4 bridgehead atoms. The topological polar surface area (TPSA) is 155 Å². The van der Waals surface area contributed by atoms with Crippen LogP contribution in [0.5, 0.6) is 0 Å². The number of piperazine rings is 2. The Labute approximate surface area is 293 Å². The molecule has 12 nitrogen and oxygen atoms in total. The minimum Gasteiger partial charge on any atom is -0.329 e. The Kier molecular flexibility index (Phi) is 6.95. The molecule has 7 fully saturated rings. The zero-order valence-electron chi connectivity index (χ0n) is 28.8. The van der Waals surface area contributed by atoms with Gasteiger partial charge in [0.1, 0.15) is 11.1 Å². The van der Waals surface area contributed by atoms with E-state index in [2.05, 4.69) is 22.1 Å². The van der Waals surface area contributed by atoms with Gasteiger partial charge in [-0.1, -0.05) is 33.7 Å². The van der Waals surface area contributed by atoms with E-state index in [1.165, 1.54) is 21.6 Å². The Balaban J connectivity index is 0.000000154. The lowest BCUT2D eigenvalue weighted by Gasteiger charge is -2.57. The molecule has 49 heavy (non-hydrogen) atoms. The second-order valence-corrected chi connectivity index (χ2v) is 18.0. The summed E-state index contributed by atoms with van der Waals surface area (Å²) >= 11 is 0. The highest BCUT2D eigenvalue weighted by molar-refractivity contribution is 8.78. The summed E-state index contributed by atoms with van der Waals surface area (Å²) in [5.41, 5.74) is 0.0151. The number of aromatic nitrogens is 2. The number of amides is 4. The number of likely N-dealkylation sites (N-methyl/N-ethyl adjacent to an activating group) is 2. The normalized spacial score (nSPS) is 39.9. The predicted octanol–water partition coefficient (Wildman–Crippen LogP) is 4.04. The Bertz CT molecular complexity index is 1930. The molecule has 0 aromatic carbocycles. The van der Waals surface area contributed by atoms with Crippen molar-refractivity contribution in [2.75, 3.05) is 14.1 Å². The van der Waals surface area contributed by atoms with Gasteiger partial charge in [-0.15, -0.1) is 0 Å². The molecule has 2 unspecified atom stereocenters. The van der Waals surface area contributed by atoms with E-state index in [-0.39, 0.29) is 23.6 Å². The van der Waals surface area contributed by atoms with Crippen LogP contribution in [0.25, 0.3) is 0 Å². The van der Waals surface area contributed by atoms with Crippen LogP contribution in [0.1, 0.15) is 81.6 Å². The lowest BCUT2D eigenvalue weighted by molar-refractivity contribution is -0.164. The summed E-state index contributed by atoms with van der Waals surface area (Å²) in [7, 11) is 6.21. The maximum absolute atomic E-state index is 13.4. The number of carbonyl (C=O) groups excluding carboxylic acids is 4. The van der Waals surface area contributed by atoms with Gasteiger partial charge in [-0.3, -0.25) is 29.1 Å². The highest BCUT2D eigenvalue weighted by atomic mass is 33.1. The smallest absolute Gasteiger partial charge is 0.261 e. The van der Waals surface area contributed by atoms with Crippen molar-refractivity contribution < 1.29 is 19.2 Å². The summed E-state index contributed by atoms with van der Waals surface area (Å²) < 4.78 is 0. The van der Waals surface area contributed by atoms with Gasteiger partial charge >= 0.3 is 0 Å². The quantitative estimate of drug-likeness (QED) is 0.420. The zero-order chi connectivity index (χ0) is 35.7. The van der Waals surface area contributed by atoms with Gasteiger partial charge < -0.3 is 19.6 Å². The van der Waals surface area contributed by atoms with Crippen LogP contribution in [0.15, 0.2) is 36.7 Å². The third-order valence-electron chi connectivity index (χ3n) is 11.8. The van der Waals surface area contributed by atoms with E-state index in [4.69, 9.17) is 0 Å². The van der Waals surface area contributed by atoms with Crippen LogP contribution in [0.3, 0.4) is 0 Å². The van der Waals surface area contributed by atoms with Gasteiger partial charge in [-0.05, 0) is 64.8 Å². The molecule has 8 atom stereocenters. The molecule has 14 heteroatoms. The summed E-state index contributed by atoms with van der Waals surface area (Å²) in [5, 5.41) is 19.8. The van der Waals surface area contributed by atoms with Crippen molar-refractivity contribution in [3.05, 3.63) is 59.2 Å². The molecule has 0 aliphatic carbocycles. The second kappa shape index (κ2) is 10.2. The predicted molar refractivity (Wildman–Crippen MR) is 181 cm³/mol. The third-order valence-corrected chi connectivity index (χ3v) is 15.5.